The molecule has 0 amide bonds. The largest absolute Gasteiger partial charge is 0.494 e. The van der Waals surface area contributed by atoms with Gasteiger partial charge in [-0.15, -0.1) is 0 Å². The number of aromatic amines is 1. The van der Waals surface area contributed by atoms with Gasteiger partial charge >= 0.3 is 0 Å². The summed E-state index contributed by atoms with van der Waals surface area (Å²) in [6.45, 7) is 4.32. The summed E-state index contributed by atoms with van der Waals surface area (Å²) in [6.07, 6.45) is 1.58. The molecule has 0 aliphatic carbocycles. The zero-order valence-electron chi connectivity index (χ0n) is 14.3. The van der Waals surface area contributed by atoms with Gasteiger partial charge in [-0.3, -0.25) is 14.7 Å². The smallest absolute Gasteiger partial charge is 0.255 e. The Morgan fingerprint density at radius 1 is 1.32 bits per heavy atom. The molecular formula is C17H21N3O4S. The minimum Gasteiger partial charge on any atom is -0.494 e. The molecule has 1 aliphatic rings. The van der Waals surface area contributed by atoms with Crippen LogP contribution in [-0.2, 0) is 29.3 Å². The molecular weight excluding hydrogens is 342 g/mol. The molecule has 2 heterocycles. The maximum atomic E-state index is 12.1. The van der Waals surface area contributed by atoms with E-state index in [0.717, 1.165) is 17.6 Å². The molecule has 0 spiro atoms. The van der Waals surface area contributed by atoms with E-state index in [1.165, 1.54) is 0 Å². The van der Waals surface area contributed by atoms with E-state index in [1.807, 2.05) is 31.2 Å². The summed E-state index contributed by atoms with van der Waals surface area (Å²) in [5.74, 6) is 0.839. The second-order valence-electron chi connectivity index (χ2n) is 6.07. The molecule has 25 heavy (non-hydrogen) atoms. The van der Waals surface area contributed by atoms with Crippen molar-refractivity contribution in [2.45, 2.75) is 31.6 Å². The van der Waals surface area contributed by atoms with Crippen LogP contribution in [0.25, 0.3) is 0 Å². The fraction of sp³-hybridized carbons (Fsp3) is 0.412. The zero-order chi connectivity index (χ0) is 18.0. The Morgan fingerprint density at radius 3 is 2.80 bits per heavy atom. The number of nitrogens with one attached hydrogen (secondary N) is 1. The molecule has 0 unspecified atom stereocenters. The maximum absolute atomic E-state index is 12.1. The number of hydrogen-bond acceptors (Lipinski definition) is 6. The summed E-state index contributed by atoms with van der Waals surface area (Å²) in [7, 11) is -3.55. The number of hydrogen-bond donors (Lipinski definition) is 1. The van der Waals surface area contributed by atoms with Gasteiger partial charge in [0.1, 0.15) is 5.75 Å². The van der Waals surface area contributed by atoms with Crippen molar-refractivity contribution in [3.05, 3.63) is 51.4 Å². The van der Waals surface area contributed by atoms with Crippen LogP contribution in [0.5, 0.6) is 5.75 Å². The number of aromatic nitrogens is 2. The maximum Gasteiger partial charge on any atom is 0.255 e. The number of ether oxygens (including phenoxy) is 1. The third-order valence-electron chi connectivity index (χ3n) is 4.15. The minimum atomic E-state index is -3.55. The lowest BCUT2D eigenvalue weighted by Gasteiger charge is -2.28. The average molecular weight is 363 g/mol. The first-order chi connectivity index (χ1) is 11.9. The summed E-state index contributed by atoms with van der Waals surface area (Å²) in [5.41, 5.74) is 1.80. The van der Waals surface area contributed by atoms with Crippen molar-refractivity contribution in [2.75, 3.05) is 19.4 Å². The Kier molecular flexibility index (Phi) is 4.91. The Bertz CT molecular complexity index is 937. The van der Waals surface area contributed by atoms with Crippen LogP contribution >= 0.6 is 0 Å². The fourth-order valence-corrected chi connectivity index (χ4v) is 3.51. The Hall–Kier alpha value is -2.19. The van der Waals surface area contributed by atoms with Crippen molar-refractivity contribution in [2.24, 2.45) is 0 Å². The molecule has 0 saturated carbocycles. The average Bonchev–Trinajstić information content (AvgIpc) is 2.56. The van der Waals surface area contributed by atoms with Crippen molar-refractivity contribution < 1.29 is 13.2 Å². The molecule has 0 radical (unpaired) electrons. The molecule has 0 fully saturated rings. The molecule has 8 heteroatoms. The molecule has 1 aromatic heterocycles. The van der Waals surface area contributed by atoms with Crippen molar-refractivity contribution in [1.29, 1.82) is 0 Å². The van der Waals surface area contributed by atoms with Gasteiger partial charge < -0.3 is 4.74 Å². The minimum absolute atomic E-state index is 0.271. The molecule has 134 valence electrons. The molecule has 2 aromatic rings. The third kappa shape index (κ3) is 3.91. The Balaban J connectivity index is 1.86. The molecule has 3 rings (SSSR count). The molecule has 0 saturated heterocycles. The molecule has 1 aromatic carbocycles. The van der Waals surface area contributed by atoms with Gasteiger partial charge in [-0.05, 0) is 19.4 Å². The molecule has 0 bridgehead atoms. The Labute approximate surface area is 146 Å². The van der Waals surface area contributed by atoms with Gasteiger partial charge in [0.05, 0.1) is 12.3 Å². The molecule has 7 nitrogen and oxygen atoms in total. The number of rotatable bonds is 5. The fourth-order valence-electron chi connectivity index (χ4n) is 2.95. The number of fused-ring (bicyclic) bond motifs is 1. The lowest BCUT2D eigenvalue weighted by atomic mass is 10.1. The van der Waals surface area contributed by atoms with Crippen molar-refractivity contribution in [3.63, 3.8) is 0 Å². The number of H-pyrrole nitrogens is 1. The highest BCUT2D eigenvalue weighted by Crippen LogP contribution is 2.23. The van der Waals surface area contributed by atoms with Gasteiger partial charge in [0.2, 0.25) is 15.0 Å². The van der Waals surface area contributed by atoms with Gasteiger partial charge in [-0.25, -0.2) is 13.4 Å². The number of para-hydroxylation sites is 1. The van der Waals surface area contributed by atoms with E-state index >= 15 is 0 Å². The first-order valence-corrected chi connectivity index (χ1v) is 10.0. The second-order valence-corrected chi connectivity index (χ2v) is 8.00. The van der Waals surface area contributed by atoms with Gasteiger partial charge in [0.15, 0.2) is 0 Å². The van der Waals surface area contributed by atoms with E-state index in [9.17, 15) is 13.2 Å². The van der Waals surface area contributed by atoms with Crippen molar-refractivity contribution >= 4 is 9.84 Å². The monoisotopic (exact) mass is 363 g/mol. The van der Waals surface area contributed by atoms with E-state index < -0.39 is 9.84 Å². The molecule has 1 N–H and O–H groups in total. The standard InChI is InChI=1S/C17H21N3O4S/c1-3-24-15-7-5-4-6-12(15)10-20-9-8-13-14(11-20)18-17(19-16(13)21)25(2,22)23/h4-7H,3,8-11H2,1-2H3,(H,18,19,21). The summed E-state index contributed by atoms with van der Waals surface area (Å²) in [6, 6.07) is 7.83. The highest BCUT2D eigenvalue weighted by molar-refractivity contribution is 7.90. The predicted octanol–water partition coefficient (Wildman–Crippen LogP) is 1.13. The van der Waals surface area contributed by atoms with Crippen LogP contribution in [0.4, 0.5) is 0 Å². The number of benzene rings is 1. The first kappa shape index (κ1) is 17.6. The van der Waals surface area contributed by atoms with E-state index in [0.29, 0.717) is 43.9 Å². The van der Waals surface area contributed by atoms with Crippen LogP contribution in [0.2, 0.25) is 0 Å². The molecule has 1 aliphatic heterocycles. The van der Waals surface area contributed by atoms with Crippen LogP contribution in [0.1, 0.15) is 23.7 Å². The normalized spacial score (nSPS) is 15.0. The van der Waals surface area contributed by atoms with Crippen molar-refractivity contribution in [3.8, 4) is 5.75 Å². The quantitative estimate of drug-likeness (QED) is 0.801. The van der Waals surface area contributed by atoms with E-state index in [4.69, 9.17) is 4.74 Å². The van der Waals surface area contributed by atoms with E-state index in [-0.39, 0.29) is 10.7 Å². The Morgan fingerprint density at radius 2 is 2.08 bits per heavy atom. The zero-order valence-corrected chi connectivity index (χ0v) is 15.1. The van der Waals surface area contributed by atoms with Gasteiger partial charge in [-0.2, -0.15) is 0 Å². The van der Waals surface area contributed by atoms with Crippen LogP contribution in [-0.4, -0.2) is 42.7 Å². The van der Waals surface area contributed by atoms with E-state index in [1.54, 1.807) is 0 Å². The highest BCUT2D eigenvalue weighted by atomic mass is 32.2. The highest BCUT2D eigenvalue weighted by Gasteiger charge is 2.24. The van der Waals surface area contributed by atoms with Gasteiger partial charge in [0.25, 0.3) is 5.56 Å². The van der Waals surface area contributed by atoms with Crippen LogP contribution in [0.3, 0.4) is 0 Å². The number of nitrogens with zero attached hydrogens (tertiary/aromatic N) is 2. The van der Waals surface area contributed by atoms with Crippen LogP contribution in [0, 0.1) is 0 Å². The van der Waals surface area contributed by atoms with Crippen LogP contribution in [0.15, 0.2) is 34.2 Å². The summed E-state index contributed by atoms with van der Waals surface area (Å²) in [5, 5.41) is -0.271. The molecule has 0 atom stereocenters. The lowest BCUT2D eigenvalue weighted by Crippen LogP contribution is -2.35. The van der Waals surface area contributed by atoms with Gasteiger partial charge in [-0.1, -0.05) is 18.2 Å². The summed E-state index contributed by atoms with van der Waals surface area (Å²) in [4.78, 5) is 20.8. The van der Waals surface area contributed by atoms with Gasteiger partial charge in [0, 0.05) is 37.0 Å². The topological polar surface area (TPSA) is 92.4 Å². The first-order valence-electron chi connectivity index (χ1n) is 8.13. The van der Waals surface area contributed by atoms with Crippen molar-refractivity contribution in [1.82, 2.24) is 14.9 Å². The summed E-state index contributed by atoms with van der Waals surface area (Å²) >= 11 is 0. The SMILES string of the molecule is CCOc1ccccc1CN1CCc2c(nc(S(C)(=O)=O)[nH]c2=O)C1. The van der Waals surface area contributed by atoms with E-state index in [2.05, 4.69) is 14.9 Å². The summed E-state index contributed by atoms with van der Waals surface area (Å²) < 4.78 is 29.0. The lowest BCUT2D eigenvalue weighted by molar-refractivity contribution is 0.233. The third-order valence-corrected chi connectivity index (χ3v) is 5.04. The van der Waals surface area contributed by atoms with Crippen LogP contribution < -0.4 is 10.3 Å². The second kappa shape index (κ2) is 6.97. The predicted molar refractivity (Wildman–Crippen MR) is 93.4 cm³/mol. The number of sulfone groups is 1.